The van der Waals surface area contributed by atoms with Gasteiger partial charge >= 0.3 is 5.97 Å². The Labute approximate surface area is 101 Å². The van der Waals surface area contributed by atoms with Crippen molar-refractivity contribution in [2.75, 3.05) is 6.61 Å². The second-order valence-corrected chi connectivity index (χ2v) is 3.96. The van der Waals surface area contributed by atoms with Gasteiger partial charge in [0.05, 0.1) is 6.61 Å². The van der Waals surface area contributed by atoms with Crippen molar-refractivity contribution >= 4 is 16.7 Å². The molecule has 17 heavy (non-hydrogen) atoms. The number of hydrogen-bond acceptors (Lipinski definition) is 2. The molecule has 88 valence electrons. The van der Waals surface area contributed by atoms with Crippen molar-refractivity contribution in [3.63, 3.8) is 0 Å². The fourth-order valence-electron chi connectivity index (χ4n) is 1.89. The van der Waals surface area contributed by atoms with Gasteiger partial charge in [0.15, 0.2) is 0 Å². The van der Waals surface area contributed by atoms with Crippen LogP contribution in [-0.4, -0.2) is 12.6 Å². The zero-order chi connectivity index (χ0) is 12.1. The van der Waals surface area contributed by atoms with Gasteiger partial charge in [-0.05, 0) is 16.3 Å². The second-order valence-electron chi connectivity index (χ2n) is 3.96. The first kappa shape index (κ1) is 11.6. The summed E-state index contributed by atoms with van der Waals surface area (Å²) in [5, 5.41) is 2.47. The molecule has 2 aromatic carbocycles. The SMILES string of the molecule is CCC(=O)OCCc1cccc2ccccc12. The highest BCUT2D eigenvalue weighted by Gasteiger charge is 2.02. The molecule has 0 N–H and O–H groups in total. The van der Waals surface area contributed by atoms with Gasteiger partial charge in [-0.15, -0.1) is 0 Å². The zero-order valence-electron chi connectivity index (χ0n) is 9.98. The molecule has 0 aliphatic heterocycles. The molecular formula is C15H16O2. The molecule has 0 spiro atoms. The maximum absolute atomic E-state index is 11.0. The lowest BCUT2D eigenvalue weighted by atomic mass is 10.0. The van der Waals surface area contributed by atoms with Crippen molar-refractivity contribution in [1.29, 1.82) is 0 Å². The summed E-state index contributed by atoms with van der Waals surface area (Å²) in [7, 11) is 0. The summed E-state index contributed by atoms with van der Waals surface area (Å²) in [6.07, 6.45) is 1.21. The minimum absolute atomic E-state index is 0.134. The number of esters is 1. The van der Waals surface area contributed by atoms with Crippen LogP contribution >= 0.6 is 0 Å². The van der Waals surface area contributed by atoms with Crippen molar-refractivity contribution in [2.24, 2.45) is 0 Å². The highest BCUT2D eigenvalue weighted by atomic mass is 16.5. The zero-order valence-corrected chi connectivity index (χ0v) is 9.98. The van der Waals surface area contributed by atoms with Gasteiger partial charge in [-0.1, -0.05) is 49.4 Å². The van der Waals surface area contributed by atoms with Crippen molar-refractivity contribution in [2.45, 2.75) is 19.8 Å². The van der Waals surface area contributed by atoms with E-state index in [1.807, 2.05) is 18.2 Å². The highest BCUT2D eigenvalue weighted by molar-refractivity contribution is 5.85. The van der Waals surface area contributed by atoms with E-state index in [1.54, 1.807) is 6.92 Å². The first-order valence-corrected chi connectivity index (χ1v) is 5.93. The molecule has 0 heterocycles. The molecule has 0 atom stereocenters. The van der Waals surface area contributed by atoms with E-state index in [9.17, 15) is 4.79 Å². The first-order chi connectivity index (χ1) is 8.31. The monoisotopic (exact) mass is 228 g/mol. The number of fused-ring (bicyclic) bond motifs is 1. The van der Waals surface area contributed by atoms with Crippen molar-refractivity contribution < 1.29 is 9.53 Å². The van der Waals surface area contributed by atoms with Crippen molar-refractivity contribution in [3.05, 3.63) is 48.0 Å². The summed E-state index contributed by atoms with van der Waals surface area (Å²) in [6.45, 7) is 2.26. The standard InChI is InChI=1S/C15H16O2/c1-2-15(16)17-11-10-13-8-5-7-12-6-3-4-9-14(12)13/h3-9H,2,10-11H2,1H3. The summed E-state index contributed by atoms with van der Waals surface area (Å²) in [5.74, 6) is -0.134. The molecular weight excluding hydrogens is 212 g/mol. The average Bonchev–Trinajstić information content (AvgIpc) is 2.39. The van der Waals surface area contributed by atoms with Crippen LogP contribution in [0.3, 0.4) is 0 Å². The van der Waals surface area contributed by atoms with Gasteiger partial charge in [-0.2, -0.15) is 0 Å². The molecule has 2 rings (SSSR count). The molecule has 2 heteroatoms. The summed E-state index contributed by atoms with van der Waals surface area (Å²) in [4.78, 5) is 11.0. The van der Waals surface area contributed by atoms with Crippen LogP contribution in [0.5, 0.6) is 0 Å². The summed E-state index contributed by atoms with van der Waals surface area (Å²) >= 11 is 0. The van der Waals surface area contributed by atoms with Gasteiger partial charge in [-0.25, -0.2) is 0 Å². The highest BCUT2D eigenvalue weighted by Crippen LogP contribution is 2.18. The summed E-state index contributed by atoms with van der Waals surface area (Å²) in [6, 6.07) is 14.5. The third kappa shape index (κ3) is 2.84. The molecule has 0 fully saturated rings. The van der Waals surface area contributed by atoms with Crippen LogP contribution in [0.1, 0.15) is 18.9 Å². The van der Waals surface area contributed by atoms with Crippen LogP contribution in [0.25, 0.3) is 10.8 Å². The predicted molar refractivity (Wildman–Crippen MR) is 68.9 cm³/mol. The predicted octanol–water partition coefficient (Wildman–Crippen LogP) is 3.34. The van der Waals surface area contributed by atoms with Crippen LogP contribution in [0.4, 0.5) is 0 Å². The molecule has 2 nitrogen and oxygen atoms in total. The largest absolute Gasteiger partial charge is 0.465 e. The number of carbonyl (C=O) groups is 1. The Morgan fingerprint density at radius 3 is 2.71 bits per heavy atom. The molecule has 0 unspecified atom stereocenters. The van der Waals surface area contributed by atoms with E-state index >= 15 is 0 Å². The minimum Gasteiger partial charge on any atom is -0.465 e. The Bertz CT molecular complexity index is 512. The Hall–Kier alpha value is -1.83. The maximum Gasteiger partial charge on any atom is 0.305 e. The lowest BCUT2D eigenvalue weighted by molar-refractivity contribution is -0.143. The summed E-state index contributed by atoms with van der Waals surface area (Å²) < 4.78 is 5.11. The molecule has 0 aliphatic rings. The average molecular weight is 228 g/mol. The van der Waals surface area contributed by atoms with E-state index in [1.165, 1.54) is 16.3 Å². The van der Waals surface area contributed by atoms with E-state index in [4.69, 9.17) is 4.74 Å². The molecule has 0 saturated heterocycles. The maximum atomic E-state index is 11.0. The van der Waals surface area contributed by atoms with Crippen LogP contribution in [0.2, 0.25) is 0 Å². The first-order valence-electron chi connectivity index (χ1n) is 5.93. The number of rotatable bonds is 4. The number of hydrogen-bond donors (Lipinski definition) is 0. The third-order valence-electron chi connectivity index (χ3n) is 2.80. The van der Waals surface area contributed by atoms with E-state index in [2.05, 4.69) is 24.3 Å². The lowest BCUT2D eigenvalue weighted by Gasteiger charge is -2.07. The third-order valence-corrected chi connectivity index (χ3v) is 2.80. The van der Waals surface area contributed by atoms with Crippen LogP contribution in [0, 0.1) is 0 Å². The minimum atomic E-state index is -0.134. The van der Waals surface area contributed by atoms with Crippen molar-refractivity contribution in [3.8, 4) is 0 Å². The topological polar surface area (TPSA) is 26.3 Å². The van der Waals surface area contributed by atoms with E-state index in [0.29, 0.717) is 13.0 Å². The van der Waals surface area contributed by atoms with Gasteiger partial charge in [0.25, 0.3) is 0 Å². The van der Waals surface area contributed by atoms with Crippen LogP contribution < -0.4 is 0 Å². The number of benzene rings is 2. The molecule has 0 aliphatic carbocycles. The molecule has 0 radical (unpaired) electrons. The van der Waals surface area contributed by atoms with E-state index in [-0.39, 0.29) is 5.97 Å². The molecule has 2 aromatic rings. The summed E-state index contributed by atoms with van der Waals surface area (Å²) in [5.41, 5.74) is 1.23. The second kappa shape index (κ2) is 5.48. The van der Waals surface area contributed by atoms with Crippen LogP contribution in [0.15, 0.2) is 42.5 Å². The number of ether oxygens (including phenoxy) is 1. The Kier molecular flexibility index (Phi) is 3.76. The Morgan fingerprint density at radius 1 is 1.12 bits per heavy atom. The molecule has 0 amide bonds. The fraction of sp³-hybridized carbons (Fsp3) is 0.267. The van der Waals surface area contributed by atoms with Gasteiger partial charge in [0, 0.05) is 12.8 Å². The van der Waals surface area contributed by atoms with Gasteiger partial charge in [0.1, 0.15) is 0 Å². The fourth-order valence-corrected chi connectivity index (χ4v) is 1.89. The van der Waals surface area contributed by atoms with Gasteiger partial charge in [0.2, 0.25) is 0 Å². The van der Waals surface area contributed by atoms with Crippen molar-refractivity contribution in [1.82, 2.24) is 0 Å². The molecule has 0 aromatic heterocycles. The van der Waals surface area contributed by atoms with Crippen LogP contribution in [-0.2, 0) is 16.0 Å². The van der Waals surface area contributed by atoms with E-state index < -0.39 is 0 Å². The smallest absolute Gasteiger partial charge is 0.305 e. The quantitative estimate of drug-likeness (QED) is 0.750. The van der Waals surface area contributed by atoms with Gasteiger partial charge < -0.3 is 4.74 Å². The molecule has 0 bridgehead atoms. The molecule has 0 saturated carbocycles. The Balaban J connectivity index is 2.11. The number of carbonyl (C=O) groups excluding carboxylic acids is 1. The Morgan fingerprint density at radius 2 is 1.88 bits per heavy atom. The van der Waals surface area contributed by atoms with E-state index in [0.717, 1.165) is 6.42 Å². The lowest BCUT2D eigenvalue weighted by Crippen LogP contribution is -2.06. The normalized spacial score (nSPS) is 10.4. The van der Waals surface area contributed by atoms with Gasteiger partial charge in [-0.3, -0.25) is 4.79 Å².